The molecule has 0 fully saturated rings. The van der Waals surface area contributed by atoms with Gasteiger partial charge in [-0.1, -0.05) is 23.7 Å². The van der Waals surface area contributed by atoms with Crippen molar-refractivity contribution in [2.45, 2.75) is 17.5 Å². The second kappa shape index (κ2) is 6.57. The molecule has 1 unspecified atom stereocenters. The molecular weight excluding hydrogens is 379 g/mol. The summed E-state index contributed by atoms with van der Waals surface area (Å²) in [6.45, 7) is 0.326. The number of H-pyrrole nitrogens is 1. The van der Waals surface area contributed by atoms with Crippen LogP contribution in [-0.4, -0.2) is 28.5 Å². The Kier molecular flexibility index (Phi) is 4.38. The third-order valence-corrected chi connectivity index (χ3v) is 5.98. The number of nitrogens with zero attached hydrogens (tertiary/aromatic N) is 1. The van der Waals surface area contributed by atoms with E-state index >= 15 is 0 Å². The summed E-state index contributed by atoms with van der Waals surface area (Å²) in [5.41, 5.74) is 0.967. The first-order chi connectivity index (χ1) is 12.5. The lowest BCUT2D eigenvalue weighted by Gasteiger charge is -2.15. The molecule has 26 heavy (non-hydrogen) atoms. The van der Waals surface area contributed by atoms with Gasteiger partial charge in [0.25, 0.3) is 5.56 Å². The second-order valence-corrected chi connectivity index (χ2v) is 7.44. The molecule has 2 aromatic carbocycles. The maximum atomic E-state index is 13.3. The van der Waals surface area contributed by atoms with Gasteiger partial charge in [-0.05, 0) is 23.8 Å². The molecule has 0 saturated heterocycles. The Bertz CT molecular complexity index is 1120. The van der Waals surface area contributed by atoms with Crippen LogP contribution in [0, 0.1) is 5.82 Å². The van der Waals surface area contributed by atoms with Gasteiger partial charge in [-0.3, -0.25) is 14.3 Å². The quantitative estimate of drug-likeness (QED) is 0.727. The van der Waals surface area contributed by atoms with Crippen molar-refractivity contribution in [1.29, 1.82) is 0 Å². The molecular formula is C18H14ClFN2O3S. The average Bonchev–Trinajstić information content (AvgIpc) is 2.81. The van der Waals surface area contributed by atoms with Gasteiger partial charge in [0, 0.05) is 23.3 Å². The highest BCUT2D eigenvalue weighted by molar-refractivity contribution is 7.99. The van der Waals surface area contributed by atoms with E-state index in [1.54, 1.807) is 25.3 Å². The van der Waals surface area contributed by atoms with Gasteiger partial charge in [-0.2, -0.15) is 0 Å². The minimum absolute atomic E-state index is 0.195. The van der Waals surface area contributed by atoms with Gasteiger partial charge in [0.1, 0.15) is 5.82 Å². The van der Waals surface area contributed by atoms with Crippen molar-refractivity contribution in [3.05, 3.63) is 62.0 Å². The lowest BCUT2D eigenvalue weighted by Crippen LogP contribution is -2.34. The number of nitrogens with one attached hydrogen (secondary N) is 1. The van der Waals surface area contributed by atoms with E-state index in [1.165, 1.54) is 28.5 Å². The minimum Gasteiger partial charge on any atom is -0.379 e. The molecule has 0 spiro atoms. The van der Waals surface area contributed by atoms with E-state index in [-0.39, 0.29) is 11.9 Å². The molecule has 8 heteroatoms. The first-order valence-corrected chi connectivity index (χ1v) is 9.27. The summed E-state index contributed by atoms with van der Waals surface area (Å²) >= 11 is 7.97. The number of aromatic nitrogens is 2. The van der Waals surface area contributed by atoms with E-state index in [2.05, 4.69) is 4.98 Å². The van der Waals surface area contributed by atoms with E-state index < -0.39 is 11.2 Å². The van der Waals surface area contributed by atoms with Gasteiger partial charge in [0.05, 0.1) is 28.6 Å². The second-order valence-electron chi connectivity index (χ2n) is 6.00. The Labute approximate surface area is 156 Å². The van der Waals surface area contributed by atoms with Crippen LogP contribution in [-0.2, 0) is 11.3 Å². The molecule has 134 valence electrons. The predicted molar refractivity (Wildman–Crippen MR) is 101 cm³/mol. The fourth-order valence-electron chi connectivity index (χ4n) is 3.17. The summed E-state index contributed by atoms with van der Waals surface area (Å²) in [5.74, 6) is 0.243. The number of hydrogen-bond acceptors (Lipinski definition) is 4. The number of hydrogen-bond donors (Lipinski definition) is 1. The standard InChI is InChI=1S/C18H14ClFN2O3S/c1-25-11-7-22-15-12(17(23)21-18(22)24)6-13(19)14(16(15)26-8-11)9-2-4-10(20)5-3-9/h2-6,11H,7-8H2,1H3,(H,21,23,24). The first-order valence-electron chi connectivity index (χ1n) is 7.90. The number of benzene rings is 2. The highest BCUT2D eigenvalue weighted by Crippen LogP contribution is 2.42. The minimum atomic E-state index is -0.485. The zero-order chi connectivity index (χ0) is 18.4. The molecule has 1 aliphatic heterocycles. The van der Waals surface area contributed by atoms with E-state index in [0.29, 0.717) is 33.8 Å². The molecule has 0 amide bonds. The Morgan fingerprint density at radius 2 is 2.04 bits per heavy atom. The number of thioether (sulfide) groups is 1. The van der Waals surface area contributed by atoms with Crippen molar-refractivity contribution in [3.8, 4) is 11.1 Å². The monoisotopic (exact) mass is 392 g/mol. The van der Waals surface area contributed by atoms with Crippen LogP contribution in [0.2, 0.25) is 5.02 Å². The van der Waals surface area contributed by atoms with Crippen molar-refractivity contribution < 1.29 is 9.13 Å². The largest absolute Gasteiger partial charge is 0.379 e. The molecule has 1 aromatic heterocycles. The summed E-state index contributed by atoms with van der Waals surface area (Å²) in [5, 5.41) is 0.720. The summed E-state index contributed by atoms with van der Waals surface area (Å²) in [4.78, 5) is 27.8. The third-order valence-electron chi connectivity index (χ3n) is 4.45. The van der Waals surface area contributed by atoms with Gasteiger partial charge in [-0.25, -0.2) is 9.18 Å². The molecule has 0 aliphatic carbocycles. The van der Waals surface area contributed by atoms with Crippen LogP contribution in [0.15, 0.2) is 44.8 Å². The van der Waals surface area contributed by atoms with Crippen molar-refractivity contribution >= 4 is 34.3 Å². The topological polar surface area (TPSA) is 64.1 Å². The summed E-state index contributed by atoms with van der Waals surface area (Å²) in [6, 6.07) is 7.53. The van der Waals surface area contributed by atoms with Gasteiger partial charge < -0.3 is 4.74 Å². The number of ether oxygens (including phenoxy) is 1. The van der Waals surface area contributed by atoms with Crippen LogP contribution in [0.3, 0.4) is 0 Å². The van der Waals surface area contributed by atoms with Gasteiger partial charge in [0.15, 0.2) is 0 Å². The Balaban J connectivity index is 2.12. The fraction of sp³-hybridized carbons (Fsp3) is 0.222. The van der Waals surface area contributed by atoms with Gasteiger partial charge in [0.2, 0.25) is 0 Å². The van der Waals surface area contributed by atoms with Crippen LogP contribution in [0.25, 0.3) is 22.0 Å². The predicted octanol–water partition coefficient (Wildman–Crippen LogP) is 3.27. The lowest BCUT2D eigenvalue weighted by atomic mass is 10.0. The molecule has 1 atom stereocenters. The zero-order valence-electron chi connectivity index (χ0n) is 13.7. The maximum Gasteiger partial charge on any atom is 0.328 e. The van der Waals surface area contributed by atoms with Crippen LogP contribution >= 0.6 is 23.4 Å². The maximum absolute atomic E-state index is 13.3. The molecule has 0 radical (unpaired) electrons. The van der Waals surface area contributed by atoms with Crippen LogP contribution in [0.5, 0.6) is 0 Å². The molecule has 5 nitrogen and oxygen atoms in total. The first kappa shape index (κ1) is 17.3. The molecule has 0 bridgehead atoms. The Morgan fingerprint density at radius 1 is 1.31 bits per heavy atom. The number of methoxy groups -OCH3 is 1. The molecule has 4 rings (SSSR count). The van der Waals surface area contributed by atoms with E-state index in [9.17, 15) is 14.0 Å². The van der Waals surface area contributed by atoms with Crippen molar-refractivity contribution in [2.75, 3.05) is 12.9 Å². The number of halogens is 2. The van der Waals surface area contributed by atoms with Crippen LogP contribution in [0.4, 0.5) is 4.39 Å². The fourth-order valence-corrected chi connectivity index (χ4v) is 4.86. The Morgan fingerprint density at radius 3 is 2.73 bits per heavy atom. The average molecular weight is 393 g/mol. The van der Waals surface area contributed by atoms with Crippen molar-refractivity contribution in [3.63, 3.8) is 0 Å². The summed E-state index contributed by atoms with van der Waals surface area (Å²) in [7, 11) is 1.59. The van der Waals surface area contributed by atoms with Gasteiger partial charge >= 0.3 is 5.69 Å². The molecule has 0 saturated carbocycles. The lowest BCUT2D eigenvalue weighted by molar-refractivity contribution is 0.107. The summed E-state index contributed by atoms with van der Waals surface area (Å²) in [6.07, 6.45) is -0.195. The van der Waals surface area contributed by atoms with E-state index in [4.69, 9.17) is 16.3 Å². The summed E-state index contributed by atoms with van der Waals surface area (Å²) < 4.78 is 20.3. The van der Waals surface area contributed by atoms with Crippen molar-refractivity contribution in [1.82, 2.24) is 9.55 Å². The number of rotatable bonds is 2. The molecule has 1 N–H and O–H groups in total. The molecule has 2 heterocycles. The van der Waals surface area contributed by atoms with Crippen LogP contribution < -0.4 is 11.2 Å². The zero-order valence-corrected chi connectivity index (χ0v) is 15.3. The smallest absolute Gasteiger partial charge is 0.328 e. The van der Waals surface area contributed by atoms with Gasteiger partial charge in [-0.15, -0.1) is 11.8 Å². The van der Waals surface area contributed by atoms with E-state index in [1.807, 2.05) is 0 Å². The molecule has 1 aliphatic rings. The SMILES string of the molecule is COC1CSc2c(-c3ccc(F)cc3)c(Cl)cc3c(=O)[nH]c(=O)n(c23)C1. The third kappa shape index (κ3) is 2.76. The normalized spacial score (nSPS) is 16.7. The van der Waals surface area contributed by atoms with Crippen molar-refractivity contribution in [2.24, 2.45) is 0 Å². The Hall–Kier alpha value is -2.09. The van der Waals surface area contributed by atoms with E-state index in [0.717, 1.165) is 10.5 Å². The van der Waals surface area contributed by atoms with Crippen LogP contribution in [0.1, 0.15) is 0 Å². The highest BCUT2D eigenvalue weighted by atomic mass is 35.5. The molecule has 3 aromatic rings. The highest BCUT2D eigenvalue weighted by Gasteiger charge is 2.25. The number of aromatic amines is 1.